The molecule has 0 saturated heterocycles. The third-order valence-electron chi connectivity index (χ3n) is 1.10. The van der Waals surface area contributed by atoms with Gasteiger partial charge in [0.15, 0.2) is 0 Å². The zero-order chi connectivity index (χ0) is 10.9. The van der Waals surface area contributed by atoms with E-state index in [4.69, 9.17) is 5.11 Å². The molecule has 13 heavy (non-hydrogen) atoms. The molecule has 0 aliphatic carbocycles. The fraction of sp³-hybridized carbons (Fsp3) is 1.00. The number of likely N-dealkylation sites (N-methyl/N-ethyl adjacent to an activating group) is 1. The quantitative estimate of drug-likeness (QED) is 0.542. The highest BCUT2D eigenvalue weighted by Crippen LogP contribution is 2.18. The topological polar surface area (TPSA) is 55.8 Å². The molecule has 0 aromatic carbocycles. The normalized spacial score (nSPS) is 11.0. The summed E-state index contributed by atoms with van der Waals surface area (Å²) >= 11 is 0. The fourth-order valence-corrected chi connectivity index (χ4v) is 0.550. The summed E-state index contributed by atoms with van der Waals surface area (Å²) in [7, 11) is 6.71. The van der Waals surface area contributed by atoms with E-state index in [2.05, 4.69) is 30.2 Å². The number of aliphatic hydroxyl groups is 1. The van der Waals surface area contributed by atoms with Crippen LogP contribution in [0.2, 0.25) is 0 Å². The summed E-state index contributed by atoms with van der Waals surface area (Å²) in [5, 5.41) is 8.39. The lowest BCUT2D eigenvalue weighted by atomic mass is 10.5. The van der Waals surface area contributed by atoms with Gasteiger partial charge >= 0.3 is 8.25 Å². The van der Waals surface area contributed by atoms with E-state index in [-0.39, 0.29) is 6.61 Å². The monoisotopic (exact) mass is 214 g/mol. The molecule has 0 radical (unpaired) electrons. The van der Waals surface area contributed by atoms with Crippen LogP contribution in [-0.4, -0.2) is 58.1 Å². The summed E-state index contributed by atoms with van der Waals surface area (Å²) in [5.41, 5.74) is 0. The van der Waals surface area contributed by atoms with Gasteiger partial charge < -0.3 is 18.6 Å². The molecule has 0 spiro atoms. The highest BCUT2D eigenvalue weighted by molar-refractivity contribution is 7.33. The molecule has 0 saturated carbocycles. The van der Waals surface area contributed by atoms with Gasteiger partial charge in [0, 0.05) is 14.2 Å². The van der Waals surface area contributed by atoms with Gasteiger partial charge in [0.25, 0.3) is 0 Å². The highest BCUT2D eigenvalue weighted by Gasteiger charge is 2.02. The largest absolute Gasteiger partial charge is 0.391 e. The first-order valence-electron chi connectivity index (χ1n) is 3.90. The molecular weight excluding hydrogens is 193 g/mol. The van der Waals surface area contributed by atoms with Gasteiger partial charge in [-0.25, -0.2) is 0 Å². The van der Waals surface area contributed by atoms with Crippen molar-refractivity contribution in [2.45, 2.75) is 0 Å². The molecule has 0 heterocycles. The molecule has 0 aromatic heterocycles. The Balaban J connectivity index is 0. The first-order chi connectivity index (χ1) is 5.87. The smallest absolute Gasteiger partial charge is 0.318 e. The maximum absolute atomic E-state index is 9.92. The van der Waals surface area contributed by atoms with Crippen LogP contribution in [0.25, 0.3) is 0 Å². The van der Waals surface area contributed by atoms with Gasteiger partial charge in [-0.2, -0.15) is 0 Å². The van der Waals surface area contributed by atoms with E-state index in [0.717, 1.165) is 11.0 Å². The van der Waals surface area contributed by atoms with Crippen LogP contribution in [0.15, 0.2) is 0 Å². The van der Waals surface area contributed by atoms with Crippen molar-refractivity contribution in [2.75, 3.05) is 48.5 Å². The van der Waals surface area contributed by atoms with Gasteiger partial charge in [0.2, 0.25) is 0 Å². The molecule has 6 heteroatoms. The highest BCUT2D eigenvalue weighted by atomic mass is 31.1. The second-order valence-electron chi connectivity index (χ2n) is 3.40. The van der Waals surface area contributed by atoms with Gasteiger partial charge in [-0.05, 0) is 0 Å². The summed E-state index contributed by atoms with van der Waals surface area (Å²) in [6.07, 6.45) is 0. The van der Waals surface area contributed by atoms with Crippen molar-refractivity contribution < 1.29 is 23.2 Å². The van der Waals surface area contributed by atoms with E-state index >= 15 is 0 Å². The standard InChI is InChI=1S/C5H14NO.C2H7O3P/c1-6(2,3)4-5-7;1-4-6(3)5-2/h7H,4-5H2,1-3H3;6H,1-2H3/q+1;. The van der Waals surface area contributed by atoms with E-state index in [1.807, 2.05) is 0 Å². The summed E-state index contributed by atoms with van der Waals surface area (Å²) in [4.78, 5) is 0. The predicted octanol–water partition coefficient (Wildman–Crippen LogP) is 0.354. The Morgan fingerprint density at radius 3 is 1.62 bits per heavy atom. The lowest BCUT2D eigenvalue weighted by molar-refractivity contribution is -0.870. The van der Waals surface area contributed by atoms with Crippen molar-refractivity contribution in [1.29, 1.82) is 0 Å². The van der Waals surface area contributed by atoms with E-state index in [9.17, 15) is 4.57 Å². The van der Waals surface area contributed by atoms with Gasteiger partial charge in [-0.15, -0.1) is 0 Å². The van der Waals surface area contributed by atoms with Crippen LogP contribution >= 0.6 is 8.25 Å². The van der Waals surface area contributed by atoms with Crippen molar-refractivity contribution in [2.24, 2.45) is 0 Å². The lowest BCUT2D eigenvalue weighted by Crippen LogP contribution is -2.36. The van der Waals surface area contributed by atoms with E-state index in [1.54, 1.807) is 0 Å². The van der Waals surface area contributed by atoms with Gasteiger partial charge in [0.1, 0.15) is 6.54 Å². The second kappa shape index (κ2) is 8.66. The maximum Gasteiger partial charge on any atom is 0.318 e. The third-order valence-corrected chi connectivity index (χ3v) is 1.77. The summed E-state index contributed by atoms with van der Waals surface area (Å²) in [6, 6.07) is 0. The minimum atomic E-state index is -2.12. The molecule has 5 nitrogen and oxygen atoms in total. The molecule has 0 atom stereocenters. The van der Waals surface area contributed by atoms with Crippen molar-refractivity contribution in [1.82, 2.24) is 0 Å². The van der Waals surface area contributed by atoms with E-state index in [0.29, 0.717) is 0 Å². The average molecular weight is 214 g/mol. The van der Waals surface area contributed by atoms with Crippen LogP contribution in [0.3, 0.4) is 0 Å². The maximum atomic E-state index is 9.92. The van der Waals surface area contributed by atoms with Crippen molar-refractivity contribution in [3.05, 3.63) is 0 Å². The van der Waals surface area contributed by atoms with Crippen molar-refractivity contribution in [3.63, 3.8) is 0 Å². The van der Waals surface area contributed by atoms with Crippen LogP contribution < -0.4 is 0 Å². The zero-order valence-electron chi connectivity index (χ0n) is 9.03. The Labute approximate surface area is 80.8 Å². The van der Waals surface area contributed by atoms with Gasteiger partial charge in [-0.3, -0.25) is 4.57 Å². The molecule has 0 bridgehead atoms. The number of hydrogen-bond acceptors (Lipinski definition) is 4. The van der Waals surface area contributed by atoms with Crippen LogP contribution in [0.5, 0.6) is 0 Å². The van der Waals surface area contributed by atoms with E-state index in [1.165, 1.54) is 14.2 Å². The number of quaternary nitrogens is 1. The van der Waals surface area contributed by atoms with Crippen LogP contribution in [-0.2, 0) is 13.6 Å². The Kier molecular flexibility index (Phi) is 10.3. The molecule has 0 aliphatic rings. The lowest BCUT2D eigenvalue weighted by Gasteiger charge is -2.21. The second-order valence-corrected chi connectivity index (χ2v) is 4.71. The average Bonchev–Trinajstić information content (AvgIpc) is 2.02. The first kappa shape index (κ1) is 15.5. The van der Waals surface area contributed by atoms with Gasteiger partial charge in [0.05, 0.1) is 27.7 Å². The summed E-state index contributed by atoms with van der Waals surface area (Å²) in [6.45, 7) is 1.11. The molecule has 0 amide bonds. The molecule has 0 unspecified atom stereocenters. The first-order valence-corrected chi connectivity index (χ1v) is 5.13. The Hall–Kier alpha value is 0.0700. The predicted molar refractivity (Wildman–Crippen MR) is 53.0 cm³/mol. The summed E-state index contributed by atoms with van der Waals surface area (Å²) < 4.78 is 19.2. The van der Waals surface area contributed by atoms with Crippen molar-refractivity contribution >= 4 is 8.25 Å². The fourth-order valence-electron chi connectivity index (χ4n) is 0.383. The van der Waals surface area contributed by atoms with Crippen molar-refractivity contribution in [3.8, 4) is 0 Å². The third kappa shape index (κ3) is 18.8. The number of aliphatic hydroxyl groups excluding tert-OH is 1. The Bertz CT molecular complexity index is 129. The number of rotatable bonds is 4. The molecular formula is C7H21NO4P+. The minimum absolute atomic E-state index is 0.281. The van der Waals surface area contributed by atoms with E-state index < -0.39 is 8.25 Å². The summed E-state index contributed by atoms with van der Waals surface area (Å²) in [5.74, 6) is 0. The SMILES string of the molecule is CO[PH](=O)OC.C[N+](C)(C)CCO. The van der Waals surface area contributed by atoms with Crippen LogP contribution in [0, 0.1) is 0 Å². The molecule has 0 aromatic rings. The minimum Gasteiger partial charge on any atom is -0.391 e. The number of nitrogens with zero attached hydrogens (tertiary/aromatic N) is 1. The Morgan fingerprint density at radius 2 is 1.62 bits per heavy atom. The number of hydrogen-bond donors (Lipinski definition) is 1. The van der Waals surface area contributed by atoms with Gasteiger partial charge in [-0.1, -0.05) is 0 Å². The molecule has 82 valence electrons. The molecule has 1 N–H and O–H groups in total. The molecule has 0 rings (SSSR count). The zero-order valence-corrected chi connectivity index (χ0v) is 10.0. The van der Waals surface area contributed by atoms with Crippen LogP contribution in [0.4, 0.5) is 0 Å². The molecule has 0 fully saturated rings. The Morgan fingerprint density at radius 1 is 1.23 bits per heavy atom. The molecule has 0 aliphatic heterocycles. The van der Waals surface area contributed by atoms with Crippen LogP contribution in [0.1, 0.15) is 0 Å².